The monoisotopic (exact) mass is 239 g/mol. The molecule has 0 aliphatic carbocycles. The number of nitrogens with one attached hydrogen (secondary N) is 1. The summed E-state index contributed by atoms with van der Waals surface area (Å²) in [5.41, 5.74) is -0.153. The highest BCUT2D eigenvalue weighted by Gasteiger charge is 2.34. The van der Waals surface area contributed by atoms with Gasteiger partial charge in [0.2, 0.25) is 0 Å². The molecule has 96 valence electrons. The van der Waals surface area contributed by atoms with E-state index < -0.39 is 0 Å². The van der Waals surface area contributed by atoms with Crippen molar-refractivity contribution in [2.75, 3.05) is 26.9 Å². The molecule has 4 nitrogen and oxygen atoms in total. The maximum atomic E-state index is 5.63. The Labute approximate surface area is 102 Å². The van der Waals surface area contributed by atoms with Crippen molar-refractivity contribution in [2.45, 2.75) is 31.9 Å². The molecule has 1 atom stereocenters. The third-order valence-corrected chi connectivity index (χ3v) is 3.31. The molecule has 0 radical (unpaired) electrons. The van der Waals surface area contributed by atoms with Crippen LogP contribution in [0.4, 0.5) is 0 Å². The number of hydrogen-bond donors (Lipinski definition) is 1. The highest BCUT2D eigenvalue weighted by Crippen LogP contribution is 2.21. The average Bonchev–Trinajstić information content (AvgIpc) is 2.98. The smallest absolute Gasteiger partial charge is 0.117 e. The zero-order chi connectivity index (χ0) is 12.1. The van der Waals surface area contributed by atoms with Crippen LogP contribution in [-0.2, 0) is 22.4 Å². The first kappa shape index (κ1) is 12.6. The number of methoxy groups -OCH3 is 1. The molecular weight excluding hydrogens is 218 g/mol. The molecule has 2 heterocycles. The van der Waals surface area contributed by atoms with Crippen LogP contribution in [0.3, 0.4) is 0 Å². The summed E-state index contributed by atoms with van der Waals surface area (Å²) in [5, 5.41) is 3.37. The minimum Gasteiger partial charge on any atom is -0.465 e. The van der Waals surface area contributed by atoms with Gasteiger partial charge in [-0.1, -0.05) is 6.92 Å². The minimum absolute atomic E-state index is 0.153. The quantitative estimate of drug-likeness (QED) is 0.821. The van der Waals surface area contributed by atoms with Crippen LogP contribution in [0.5, 0.6) is 0 Å². The molecule has 0 bridgehead atoms. The Hall–Kier alpha value is -0.840. The Morgan fingerprint density at radius 1 is 1.41 bits per heavy atom. The molecule has 2 rings (SSSR count). The van der Waals surface area contributed by atoms with E-state index in [1.165, 1.54) is 0 Å². The molecule has 1 fully saturated rings. The summed E-state index contributed by atoms with van der Waals surface area (Å²) in [5.74, 6) is 2.01. The van der Waals surface area contributed by atoms with E-state index in [9.17, 15) is 0 Å². The number of furan rings is 1. The van der Waals surface area contributed by atoms with Crippen molar-refractivity contribution in [1.29, 1.82) is 0 Å². The Morgan fingerprint density at radius 3 is 2.82 bits per heavy atom. The van der Waals surface area contributed by atoms with Gasteiger partial charge < -0.3 is 19.2 Å². The Bertz CT molecular complexity index is 342. The van der Waals surface area contributed by atoms with Crippen LogP contribution >= 0.6 is 0 Å². The van der Waals surface area contributed by atoms with Crippen LogP contribution in [0.25, 0.3) is 0 Å². The number of hydrogen-bond acceptors (Lipinski definition) is 4. The SMILES string of the molecule is CCc1ccc(CNCC2(OC)CCOC2)o1. The molecule has 1 aliphatic heterocycles. The van der Waals surface area contributed by atoms with Crippen LogP contribution in [0, 0.1) is 0 Å². The van der Waals surface area contributed by atoms with E-state index in [4.69, 9.17) is 13.9 Å². The van der Waals surface area contributed by atoms with Crippen molar-refractivity contribution >= 4 is 0 Å². The fraction of sp³-hybridized carbons (Fsp3) is 0.692. The van der Waals surface area contributed by atoms with Crippen molar-refractivity contribution in [3.05, 3.63) is 23.7 Å². The second kappa shape index (κ2) is 5.67. The first-order valence-corrected chi connectivity index (χ1v) is 6.19. The van der Waals surface area contributed by atoms with Gasteiger partial charge in [0.25, 0.3) is 0 Å². The van der Waals surface area contributed by atoms with Crippen LogP contribution in [0.1, 0.15) is 24.9 Å². The summed E-state index contributed by atoms with van der Waals surface area (Å²) in [4.78, 5) is 0. The molecule has 0 spiro atoms. The van der Waals surface area contributed by atoms with Gasteiger partial charge in [-0.25, -0.2) is 0 Å². The summed E-state index contributed by atoms with van der Waals surface area (Å²) < 4.78 is 16.6. The summed E-state index contributed by atoms with van der Waals surface area (Å²) in [6.07, 6.45) is 1.89. The lowest BCUT2D eigenvalue weighted by Crippen LogP contribution is -2.42. The predicted molar refractivity (Wildman–Crippen MR) is 65.0 cm³/mol. The van der Waals surface area contributed by atoms with E-state index in [-0.39, 0.29) is 5.60 Å². The molecule has 0 aromatic carbocycles. The van der Waals surface area contributed by atoms with Gasteiger partial charge in [-0.15, -0.1) is 0 Å². The Kier molecular flexibility index (Phi) is 4.20. The van der Waals surface area contributed by atoms with Crippen molar-refractivity contribution in [3.63, 3.8) is 0 Å². The van der Waals surface area contributed by atoms with E-state index in [0.29, 0.717) is 6.61 Å². The third-order valence-electron chi connectivity index (χ3n) is 3.31. The molecular formula is C13H21NO3. The third kappa shape index (κ3) is 3.09. The molecule has 1 saturated heterocycles. The number of ether oxygens (including phenoxy) is 2. The maximum absolute atomic E-state index is 5.63. The Balaban J connectivity index is 1.78. The lowest BCUT2D eigenvalue weighted by molar-refractivity contribution is -0.0161. The summed E-state index contributed by atoms with van der Waals surface area (Å²) >= 11 is 0. The zero-order valence-corrected chi connectivity index (χ0v) is 10.6. The molecule has 17 heavy (non-hydrogen) atoms. The summed E-state index contributed by atoms with van der Waals surface area (Å²) in [6, 6.07) is 4.05. The number of aryl methyl sites for hydroxylation is 1. The van der Waals surface area contributed by atoms with Crippen LogP contribution in [0.2, 0.25) is 0 Å². The van der Waals surface area contributed by atoms with Crippen LogP contribution in [0.15, 0.2) is 16.5 Å². The molecule has 1 unspecified atom stereocenters. The van der Waals surface area contributed by atoms with E-state index in [1.54, 1.807) is 7.11 Å². The topological polar surface area (TPSA) is 43.6 Å². The van der Waals surface area contributed by atoms with Crippen molar-refractivity contribution in [1.82, 2.24) is 5.32 Å². The molecule has 0 amide bonds. The second-order valence-corrected chi connectivity index (χ2v) is 4.51. The fourth-order valence-corrected chi connectivity index (χ4v) is 2.08. The molecule has 1 N–H and O–H groups in total. The van der Waals surface area contributed by atoms with Gasteiger partial charge in [-0.05, 0) is 12.1 Å². The first-order valence-electron chi connectivity index (χ1n) is 6.19. The summed E-state index contributed by atoms with van der Waals surface area (Å²) in [7, 11) is 1.75. The number of rotatable bonds is 6. The van der Waals surface area contributed by atoms with Gasteiger partial charge >= 0.3 is 0 Å². The van der Waals surface area contributed by atoms with Crippen LogP contribution in [-0.4, -0.2) is 32.5 Å². The van der Waals surface area contributed by atoms with Crippen molar-refractivity contribution < 1.29 is 13.9 Å². The van der Waals surface area contributed by atoms with Gasteiger partial charge in [0.05, 0.1) is 13.2 Å². The van der Waals surface area contributed by atoms with Gasteiger partial charge in [-0.3, -0.25) is 0 Å². The molecule has 4 heteroatoms. The Morgan fingerprint density at radius 2 is 2.24 bits per heavy atom. The van der Waals surface area contributed by atoms with Gasteiger partial charge in [0.15, 0.2) is 0 Å². The first-order chi connectivity index (χ1) is 8.28. The van der Waals surface area contributed by atoms with Crippen molar-refractivity contribution in [3.8, 4) is 0 Å². The lowest BCUT2D eigenvalue weighted by atomic mass is 10.0. The normalized spacial score (nSPS) is 24.4. The van der Waals surface area contributed by atoms with Gasteiger partial charge in [-0.2, -0.15) is 0 Å². The van der Waals surface area contributed by atoms with E-state index in [2.05, 4.69) is 12.2 Å². The predicted octanol–water partition coefficient (Wildman–Crippen LogP) is 1.74. The zero-order valence-electron chi connectivity index (χ0n) is 10.6. The van der Waals surface area contributed by atoms with E-state index in [1.807, 2.05) is 12.1 Å². The van der Waals surface area contributed by atoms with Crippen LogP contribution < -0.4 is 5.32 Å². The highest BCUT2D eigenvalue weighted by molar-refractivity contribution is 5.06. The van der Waals surface area contributed by atoms with Gasteiger partial charge in [0, 0.05) is 33.1 Å². The van der Waals surface area contributed by atoms with Crippen molar-refractivity contribution in [2.24, 2.45) is 0 Å². The minimum atomic E-state index is -0.153. The highest BCUT2D eigenvalue weighted by atomic mass is 16.5. The van der Waals surface area contributed by atoms with E-state index >= 15 is 0 Å². The maximum Gasteiger partial charge on any atom is 0.117 e. The lowest BCUT2D eigenvalue weighted by Gasteiger charge is -2.25. The molecule has 0 saturated carbocycles. The second-order valence-electron chi connectivity index (χ2n) is 4.51. The van der Waals surface area contributed by atoms with E-state index in [0.717, 1.165) is 44.1 Å². The largest absolute Gasteiger partial charge is 0.465 e. The molecule has 1 aromatic heterocycles. The molecule has 1 aliphatic rings. The standard InChI is InChI=1S/C13H21NO3/c1-3-11-4-5-12(17-11)8-14-9-13(15-2)6-7-16-10-13/h4-5,14H,3,6-10H2,1-2H3. The fourth-order valence-electron chi connectivity index (χ4n) is 2.08. The average molecular weight is 239 g/mol. The summed E-state index contributed by atoms with van der Waals surface area (Å²) in [6.45, 7) is 5.09. The van der Waals surface area contributed by atoms with Gasteiger partial charge in [0.1, 0.15) is 17.1 Å². The molecule has 1 aromatic rings.